The lowest BCUT2D eigenvalue weighted by molar-refractivity contribution is 0.0728. The van der Waals surface area contributed by atoms with E-state index < -0.39 is 5.63 Å². The van der Waals surface area contributed by atoms with Crippen LogP contribution in [0.1, 0.15) is 53.2 Å². The number of hydrogen-bond donors (Lipinski definition) is 1. The number of benzene rings is 1. The molecule has 1 amide bonds. The molecule has 1 aromatic carbocycles. The van der Waals surface area contributed by atoms with Gasteiger partial charge in [0.2, 0.25) is 0 Å². The van der Waals surface area contributed by atoms with Crippen LogP contribution in [0.3, 0.4) is 0 Å². The van der Waals surface area contributed by atoms with Crippen molar-refractivity contribution < 1.29 is 9.21 Å². The Labute approximate surface area is 175 Å². The van der Waals surface area contributed by atoms with Crippen LogP contribution in [0.25, 0.3) is 11.3 Å². The topological polar surface area (TPSA) is 79.2 Å². The van der Waals surface area contributed by atoms with E-state index in [1.165, 1.54) is 0 Å². The van der Waals surface area contributed by atoms with Crippen molar-refractivity contribution in [2.45, 2.75) is 46.6 Å². The van der Waals surface area contributed by atoms with E-state index in [2.05, 4.69) is 24.0 Å². The zero-order valence-electron chi connectivity index (χ0n) is 17.7. The molecule has 1 N–H and O–H groups in total. The fraction of sp³-hybridized carbons (Fsp3) is 0.375. The number of aromatic amines is 1. The number of H-pyrrole nitrogens is 1. The Bertz CT molecular complexity index is 1110. The second-order valence-electron chi connectivity index (χ2n) is 8.36. The smallest absolute Gasteiger partial charge is 0.349 e. The zero-order valence-corrected chi connectivity index (χ0v) is 17.7. The Balaban J connectivity index is 1.59. The van der Waals surface area contributed by atoms with Crippen LogP contribution in [0.15, 0.2) is 45.6 Å². The highest BCUT2D eigenvalue weighted by molar-refractivity contribution is 5.95. The number of carbonyl (C=O) groups excluding carboxylic acids is 1. The lowest BCUT2D eigenvalue weighted by Gasteiger charge is -2.27. The van der Waals surface area contributed by atoms with Crippen molar-refractivity contribution in [2.24, 2.45) is 5.92 Å². The van der Waals surface area contributed by atoms with E-state index in [-0.39, 0.29) is 11.5 Å². The Morgan fingerprint density at radius 2 is 2.03 bits per heavy atom. The van der Waals surface area contributed by atoms with Gasteiger partial charge in [-0.05, 0) is 30.9 Å². The average Bonchev–Trinajstić information content (AvgIpc) is 3.15. The molecule has 0 radical (unpaired) electrons. The molecule has 1 aliphatic heterocycles. The van der Waals surface area contributed by atoms with Crippen LogP contribution >= 0.6 is 0 Å². The number of amides is 1. The van der Waals surface area contributed by atoms with Crippen LogP contribution < -0.4 is 5.63 Å². The highest BCUT2D eigenvalue weighted by atomic mass is 16.4. The largest absolute Gasteiger partial charge is 0.427 e. The van der Waals surface area contributed by atoms with Crippen LogP contribution in [-0.2, 0) is 19.4 Å². The number of nitrogens with zero attached hydrogens (tertiary/aromatic N) is 2. The maximum Gasteiger partial charge on any atom is 0.349 e. The number of aryl methyl sites for hydroxylation is 2. The third-order valence-electron chi connectivity index (χ3n) is 5.65. The molecule has 0 aliphatic carbocycles. The number of hydrogen-bond acceptors (Lipinski definition) is 4. The van der Waals surface area contributed by atoms with Gasteiger partial charge < -0.3 is 9.32 Å². The van der Waals surface area contributed by atoms with E-state index in [4.69, 9.17) is 4.42 Å². The van der Waals surface area contributed by atoms with E-state index in [9.17, 15) is 9.59 Å². The van der Waals surface area contributed by atoms with E-state index in [0.29, 0.717) is 43.2 Å². The van der Waals surface area contributed by atoms with E-state index in [1.807, 2.05) is 43.3 Å². The summed E-state index contributed by atoms with van der Waals surface area (Å²) in [5, 5.41) is 7.58. The first-order valence-electron chi connectivity index (χ1n) is 10.5. The van der Waals surface area contributed by atoms with Crippen molar-refractivity contribution in [2.75, 3.05) is 6.54 Å². The molecule has 6 nitrogen and oxygen atoms in total. The predicted octanol–water partition coefficient (Wildman–Crippen LogP) is 4.13. The van der Waals surface area contributed by atoms with Crippen molar-refractivity contribution in [3.8, 4) is 11.3 Å². The predicted molar refractivity (Wildman–Crippen MR) is 115 cm³/mol. The summed E-state index contributed by atoms with van der Waals surface area (Å²) in [5.41, 5.74) is 4.19. The van der Waals surface area contributed by atoms with Crippen LogP contribution in [0, 0.1) is 12.8 Å². The number of nitrogens with one attached hydrogen (secondary N) is 1. The summed E-state index contributed by atoms with van der Waals surface area (Å²) in [7, 11) is 0. The maximum atomic E-state index is 13.2. The van der Waals surface area contributed by atoms with E-state index >= 15 is 0 Å². The molecule has 0 fully saturated rings. The summed E-state index contributed by atoms with van der Waals surface area (Å²) in [6.07, 6.45) is 2.32. The number of aromatic nitrogens is 2. The van der Waals surface area contributed by atoms with Gasteiger partial charge in [-0.2, -0.15) is 5.10 Å². The second kappa shape index (κ2) is 8.30. The van der Waals surface area contributed by atoms with Crippen molar-refractivity contribution >= 4 is 5.91 Å². The highest BCUT2D eigenvalue weighted by Crippen LogP contribution is 2.29. The van der Waals surface area contributed by atoms with Gasteiger partial charge in [-0.3, -0.25) is 9.89 Å². The molecular weight excluding hydrogens is 378 g/mol. The van der Waals surface area contributed by atoms with Crippen molar-refractivity contribution in [1.29, 1.82) is 0 Å². The molecule has 0 atom stereocenters. The summed E-state index contributed by atoms with van der Waals surface area (Å²) in [6.45, 7) is 7.03. The second-order valence-corrected chi connectivity index (χ2v) is 8.36. The monoisotopic (exact) mass is 405 g/mol. The van der Waals surface area contributed by atoms with Crippen LogP contribution in [0.5, 0.6) is 0 Å². The molecule has 0 saturated carbocycles. The molecule has 1 aliphatic rings. The number of rotatable bonds is 5. The summed E-state index contributed by atoms with van der Waals surface area (Å²) in [5.74, 6) is 0.889. The van der Waals surface area contributed by atoms with Gasteiger partial charge in [0.15, 0.2) is 0 Å². The Morgan fingerprint density at radius 3 is 2.73 bits per heavy atom. The van der Waals surface area contributed by atoms with Gasteiger partial charge in [0.25, 0.3) is 5.91 Å². The molecule has 0 saturated heterocycles. The zero-order chi connectivity index (χ0) is 21.3. The first-order chi connectivity index (χ1) is 14.4. The molecule has 0 bridgehead atoms. The Kier molecular flexibility index (Phi) is 5.57. The highest BCUT2D eigenvalue weighted by Gasteiger charge is 2.29. The maximum absolute atomic E-state index is 13.2. The summed E-state index contributed by atoms with van der Waals surface area (Å²) < 4.78 is 5.48. The molecule has 2 aromatic heterocycles. The van der Waals surface area contributed by atoms with Gasteiger partial charge in [-0.25, -0.2) is 4.79 Å². The van der Waals surface area contributed by atoms with Gasteiger partial charge in [-0.15, -0.1) is 0 Å². The van der Waals surface area contributed by atoms with Crippen LogP contribution in [-0.4, -0.2) is 27.5 Å². The quantitative estimate of drug-likeness (QED) is 0.692. The Morgan fingerprint density at radius 1 is 1.27 bits per heavy atom. The van der Waals surface area contributed by atoms with Gasteiger partial charge in [0.1, 0.15) is 11.3 Å². The number of fused-ring (bicyclic) bond motifs is 1. The third kappa shape index (κ3) is 3.95. The van der Waals surface area contributed by atoms with Crippen LogP contribution in [0.2, 0.25) is 0 Å². The SMILES string of the molecule is Cc1cc(CCC(C)C)oc(=O)c1C(=O)N1CCc2[nH]nc(-c3ccccc3)c2C1. The molecule has 4 rings (SSSR count). The van der Waals surface area contributed by atoms with E-state index in [1.54, 1.807) is 4.90 Å². The fourth-order valence-electron chi connectivity index (χ4n) is 3.95. The molecular formula is C24H27N3O3. The number of carbonyl (C=O) groups is 1. The fourth-order valence-corrected chi connectivity index (χ4v) is 3.95. The summed E-state index contributed by atoms with van der Waals surface area (Å²) in [4.78, 5) is 27.6. The summed E-state index contributed by atoms with van der Waals surface area (Å²) >= 11 is 0. The van der Waals surface area contributed by atoms with Crippen molar-refractivity contribution in [3.05, 3.63) is 75.0 Å². The normalized spacial score (nSPS) is 13.5. The minimum Gasteiger partial charge on any atom is -0.427 e. The first-order valence-corrected chi connectivity index (χ1v) is 10.5. The third-order valence-corrected chi connectivity index (χ3v) is 5.65. The lowest BCUT2D eigenvalue weighted by Crippen LogP contribution is -2.38. The Hall–Kier alpha value is -3.15. The molecule has 156 valence electrons. The molecule has 3 heterocycles. The standard InChI is InChI=1S/C24H27N3O3/c1-15(2)9-10-18-13-16(3)21(24(29)30-18)23(28)27-12-11-20-19(14-27)22(26-25-20)17-7-5-4-6-8-17/h4-8,13,15H,9-12,14H2,1-3H3,(H,25,26). The average molecular weight is 405 g/mol. The minimum atomic E-state index is -0.542. The molecule has 6 heteroatoms. The van der Waals surface area contributed by atoms with Gasteiger partial charge >= 0.3 is 5.63 Å². The summed E-state index contributed by atoms with van der Waals surface area (Å²) in [6, 6.07) is 11.7. The van der Waals surface area contributed by atoms with Crippen molar-refractivity contribution in [1.82, 2.24) is 15.1 Å². The molecule has 3 aromatic rings. The first kappa shape index (κ1) is 20.1. The van der Waals surface area contributed by atoms with Gasteiger partial charge in [-0.1, -0.05) is 44.2 Å². The van der Waals surface area contributed by atoms with Gasteiger partial charge in [0, 0.05) is 42.8 Å². The van der Waals surface area contributed by atoms with Gasteiger partial charge in [0.05, 0.1) is 5.69 Å². The lowest BCUT2D eigenvalue weighted by atomic mass is 10.00. The minimum absolute atomic E-state index is 0.136. The molecule has 30 heavy (non-hydrogen) atoms. The van der Waals surface area contributed by atoms with E-state index in [0.717, 1.165) is 28.9 Å². The molecule has 0 unspecified atom stereocenters. The van der Waals surface area contributed by atoms with Crippen LogP contribution in [0.4, 0.5) is 0 Å². The molecule has 0 spiro atoms. The van der Waals surface area contributed by atoms with Crippen molar-refractivity contribution in [3.63, 3.8) is 0 Å².